The summed E-state index contributed by atoms with van der Waals surface area (Å²) >= 11 is 1.64. The summed E-state index contributed by atoms with van der Waals surface area (Å²) in [6.45, 7) is 5.95. The third-order valence-electron chi connectivity index (χ3n) is 2.15. The van der Waals surface area contributed by atoms with E-state index in [0.717, 1.165) is 5.75 Å². The molecule has 1 heterocycles. The standard InChI is InChI=1S/C10H18N2O2S/c1-10(2,3)7(13)5-9-11-8(6-15-4)12-14-9/h7,13H,5-6H2,1-4H3. The second kappa shape index (κ2) is 4.99. The molecule has 1 N–H and O–H groups in total. The molecule has 0 aliphatic carbocycles. The van der Waals surface area contributed by atoms with Crippen molar-refractivity contribution in [2.45, 2.75) is 39.0 Å². The Balaban J connectivity index is 2.57. The van der Waals surface area contributed by atoms with Gasteiger partial charge in [-0.15, -0.1) is 0 Å². The molecule has 1 aromatic rings. The molecule has 4 nitrogen and oxygen atoms in total. The third-order valence-corrected chi connectivity index (χ3v) is 2.70. The first kappa shape index (κ1) is 12.5. The maximum atomic E-state index is 9.85. The van der Waals surface area contributed by atoms with Crippen molar-refractivity contribution in [1.82, 2.24) is 10.1 Å². The van der Waals surface area contributed by atoms with Gasteiger partial charge in [-0.25, -0.2) is 0 Å². The summed E-state index contributed by atoms with van der Waals surface area (Å²) in [5.41, 5.74) is -0.159. The third kappa shape index (κ3) is 3.83. The number of rotatable bonds is 4. The van der Waals surface area contributed by atoms with E-state index in [2.05, 4.69) is 10.1 Å². The Morgan fingerprint density at radius 2 is 2.13 bits per heavy atom. The van der Waals surface area contributed by atoms with Crippen LogP contribution in [0.25, 0.3) is 0 Å². The molecule has 0 bridgehead atoms. The first-order valence-electron chi connectivity index (χ1n) is 4.92. The molecule has 0 aromatic carbocycles. The number of hydrogen-bond donors (Lipinski definition) is 1. The van der Waals surface area contributed by atoms with Gasteiger partial charge in [0.15, 0.2) is 5.82 Å². The lowest BCUT2D eigenvalue weighted by Crippen LogP contribution is -2.28. The fourth-order valence-electron chi connectivity index (χ4n) is 1.03. The fourth-order valence-corrected chi connectivity index (χ4v) is 1.41. The van der Waals surface area contributed by atoms with Gasteiger partial charge in [0, 0.05) is 0 Å². The molecule has 0 fully saturated rings. The minimum atomic E-state index is -0.458. The van der Waals surface area contributed by atoms with Crippen LogP contribution in [-0.2, 0) is 12.2 Å². The highest BCUT2D eigenvalue weighted by molar-refractivity contribution is 7.97. The topological polar surface area (TPSA) is 59.2 Å². The molecule has 1 unspecified atom stereocenters. The van der Waals surface area contributed by atoms with E-state index in [1.54, 1.807) is 11.8 Å². The van der Waals surface area contributed by atoms with Gasteiger partial charge in [0.05, 0.1) is 18.3 Å². The van der Waals surface area contributed by atoms with Crippen LogP contribution in [0, 0.1) is 5.41 Å². The van der Waals surface area contributed by atoms with Gasteiger partial charge in [-0.05, 0) is 11.7 Å². The first-order valence-corrected chi connectivity index (χ1v) is 6.31. The number of hydrogen-bond acceptors (Lipinski definition) is 5. The minimum Gasteiger partial charge on any atom is -0.392 e. The Morgan fingerprint density at radius 1 is 1.47 bits per heavy atom. The lowest BCUT2D eigenvalue weighted by atomic mass is 9.87. The van der Waals surface area contributed by atoms with Crippen LogP contribution in [-0.4, -0.2) is 27.6 Å². The number of aliphatic hydroxyl groups excluding tert-OH is 1. The maximum absolute atomic E-state index is 9.85. The van der Waals surface area contributed by atoms with Crippen molar-refractivity contribution < 1.29 is 9.63 Å². The van der Waals surface area contributed by atoms with Gasteiger partial charge in [-0.1, -0.05) is 25.9 Å². The molecule has 5 heteroatoms. The van der Waals surface area contributed by atoms with E-state index in [4.69, 9.17) is 4.52 Å². The second-order valence-electron chi connectivity index (χ2n) is 4.62. The summed E-state index contributed by atoms with van der Waals surface area (Å²) in [7, 11) is 0. The average Bonchev–Trinajstić information content (AvgIpc) is 2.51. The fraction of sp³-hybridized carbons (Fsp3) is 0.800. The Hall–Kier alpha value is -0.550. The van der Waals surface area contributed by atoms with Crippen molar-refractivity contribution >= 4 is 11.8 Å². The molecule has 1 atom stereocenters. The summed E-state index contributed by atoms with van der Waals surface area (Å²) in [5.74, 6) is 1.95. The lowest BCUT2D eigenvalue weighted by Gasteiger charge is -2.24. The Kier molecular flexibility index (Phi) is 4.16. The summed E-state index contributed by atoms with van der Waals surface area (Å²) in [4.78, 5) is 4.19. The van der Waals surface area contributed by atoms with Crippen molar-refractivity contribution in [2.24, 2.45) is 5.41 Å². The largest absolute Gasteiger partial charge is 0.392 e. The normalized spacial score (nSPS) is 14.2. The molecule has 0 spiro atoms. The Bertz CT molecular complexity index is 307. The molecule has 1 rings (SSSR count). The molecule has 0 amide bonds. The number of aliphatic hydroxyl groups is 1. The van der Waals surface area contributed by atoms with Crippen LogP contribution in [0.3, 0.4) is 0 Å². The molecule has 0 saturated carbocycles. The minimum absolute atomic E-state index is 0.159. The van der Waals surface area contributed by atoms with E-state index in [1.807, 2.05) is 27.0 Å². The lowest BCUT2D eigenvalue weighted by molar-refractivity contribution is 0.0565. The molecule has 86 valence electrons. The zero-order chi connectivity index (χ0) is 11.5. The summed E-state index contributed by atoms with van der Waals surface area (Å²) in [5, 5.41) is 13.7. The monoisotopic (exact) mass is 230 g/mol. The smallest absolute Gasteiger partial charge is 0.229 e. The van der Waals surface area contributed by atoms with Crippen LogP contribution < -0.4 is 0 Å². The molecule has 0 aliphatic rings. The van der Waals surface area contributed by atoms with E-state index in [9.17, 15) is 5.11 Å². The molecule has 15 heavy (non-hydrogen) atoms. The SMILES string of the molecule is CSCc1noc(CC(O)C(C)(C)C)n1. The van der Waals surface area contributed by atoms with Gasteiger partial charge in [0.2, 0.25) is 5.89 Å². The highest BCUT2D eigenvalue weighted by atomic mass is 32.2. The van der Waals surface area contributed by atoms with E-state index in [0.29, 0.717) is 18.1 Å². The van der Waals surface area contributed by atoms with Gasteiger partial charge in [-0.3, -0.25) is 0 Å². The highest BCUT2D eigenvalue weighted by Gasteiger charge is 2.24. The Morgan fingerprint density at radius 3 is 2.67 bits per heavy atom. The predicted octanol–water partition coefficient (Wildman–Crippen LogP) is 1.88. The summed E-state index contributed by atoms with van der Waals surface area (Å²) < 4.78 is 5.05. The molecule has 0 aliphatic heterocycles. The molecule has 0 radical (unpaired) electrons. The zero-order valence-corrected chi connectivity index (χ0v) is 10.5. The molecule has 0 saturated heterocycles. The molecular formula is C10H18N2O2S. The van der Waals surface area contributed by atoms with Gasteiger partial charge in [-0.2, -0.15) is 16.7 Å². The summed E-state index contributed by atoms with van der Waals surface area (Å²) in [6.07, 6.45) is 1.95. The number of thioether (sulfide) groups is 1. The van der Waals surface area contributed by atoms with Gasteiger partial charge in [0.25, 0.3) is 0 Å². The number of aromatic nitrogens is 2. The average molecular weight is 230 g/mol. The summed E-state index contributed by atoms with van der Waals surface area (Å²) in [6, 6.07) is 0. The van der Waals surface area contributed by atoms with E-state index in [-0.39, 0.29) is 5.41 Å². The van der Waals surface area contributed by atoms with Gasteiger partial charge < -0.3 is 9.63 Å². The molecular weight excluding hydrogens is 212 g/mol. The van der Waals surface area contributed by atoms with Gasteiger partial charge in [0.1, 0.15) is 0 Å². The van der Waals surface area contributed by atoms with Crippen LogP contribution >= 0.6 is 11.8 Å². The van der Waals surface area contributed by atoms with Crippen molar-refractivity contribution in [1.29, 1.82) is 0 Å². The van der Waals surface area contributed by atoms with Crippen molar-refractivity contribution in [3.63, 3.8) is 0 Å². The Labute approximate surface area is 94.5 Å². The second-order valence-corrected chi connectivity index (χ2v) is 5.49. The van der Waals surface area contributed by atoms with E-state index >= 15 is 0 Å². The first-order chi connectivity index (χ1) is 6.93. The predicted molar refractivity (Wildman–Crippen MR) is 60.7 cm³/mol. The van der Waals surface area contributed by atoms with Crippen molar-refractivity contribution in [3.8, 4) is 0 Å². The van der Waals surface area contributed by atoms with Gasteiger partial charge >= 0.3 is 0 Å². The zero-order valence-electron chi connectivity index (χ0n) is 9.65. The van der Waals surface area contributed by atoms with Crippen LogP contribution in [0.2, 0.25) is 0 Å². The van der Waals surface area contributed by atoms with Crippen LogP contribution in [0.4, 0.5) is 0 Å². The molecule has 1 aromatic heterocycles. The quantitative estimate of drug-likeness (QED) is 0.855. The van der Waals surface area contributed by atoms with Crippen molar-refractivity contribution in [2.75, 3.05) is 6.26 Å². The number of nitrogens with zero attached hydrogens (tertiary/aromatic N) is 2. The van der Waals surface area contributed by atoms with Crippen LogP contribution in [0.15, 0.2) is 4.52 Å². The van der Waals surface area contributed by atoms with Crippen LogP contribution in [0.1, 0.15) is 32.5 Å². The van der Waals surface area contributed by atoms with Crippen molar-refractivity contribution in [3.05, 3.63) is 11.7 Å². The van der Waals surface area contributed by atoms with Crippen LogP contribution in [0.5, 0.6) is 0 Å². The highest BCUT2D eigenvalue weighted by Crippen LogP contribution is 2.21. The maximum Gasteiger partial charge on any atom is 0.229 e. The van der Waals surface area contributed by atoms with E-state index < -0.39 is 6.10 Å². The van der Waals surface area contributed by atoms with E-state index in [1.165, 1.54) is 0 Å².